The van der Waals surface area contributed by atoms with Crippen LogP contribution in [0.25, 0.3) is 0 Å². The number of allylic oxidation sites excluding steroid dienone is 19. The fourth-order valence-electron chi connectivity index (χ4n) is 10.2. The Morgan fingerprint density at radius 3 is 1.11 bits per heavy atom. The van der Waals surface area contributed by atoms with Crippen LogP contribution in [0.3, 0.4) is 0 Å². The molecule has 1 saturated heterocycles. The normalized spacial score (nSPS) is 19.0. The van der Waals surface area contributed by atoms with Crippen molar-refractivity contribution in [2.75, 3.05) is 13.2 Å². The number of aliphatic hydroxyl groups is 5. The fraction of sp³-hybridized carbons (Fsp3) is 0.716. The van der Waals surface area contributed by atoms with Crippen molar-refractivity contribution in [1.29, 1.82) is 0 Å². The van der Waals surface area contributed by atoms with Gasteiger partial charge in [0.25, 0.3) is 0 Å². The van der Waals surface area contributed by atoms with Crippen LogP contribution < -0.4 is 5.32 Å². The molecule has 0 radical (unpaired) electrons. The van der Waals surface area contributed by atoms with Gasteiger partial charge in [-0.1, -0.05) is 309 Å². The number of rotatable bonds is 58. The standard InChI is InChI=1S/C74H127NO8/c1-3-5-7-9-11-13-15-17-19-21-23-25-27-29-31-33-34-36-38-40-42-44-46-48-50-52-54-56-58-60-62-64-70(78)75-67(66-82-74-73(81)72(80)71(79)69(65-76)83-74)68(77)63-61-59-57-55-53-51-49-47-45-43-41-39-37-35-32-30-28-26-24-22-20-18-16-14-12-10-8-6-4-2/h5,7,11,13,17,19,23,25,29,31,34,36,40,42,46,48,52,54,61,63,67-69,71-74,76-77,79-81H,3-4,6,8-10,12,14-16,18,20-22,24,26-28,30,32-33,35,37-39,41,43-45,47,49-51,53,55-60,62,64-66H2,1-2H3,(H,75,78)/b7-5-,13-11-,19-17-,25-23-,31-29-,36-34-,42-40-,48-46-,54-52-,63-61+. The van der Waals surface area contributed by atoms with Crippen LogP contribution in [-0.4, -0.2) is 87.5 Å². The van der Waals surface area contributed by atoms with E-state index in [1.54, 1.807) is 6.08 Å². The van der Waals surface area contributed by atoms with E-state index in [1.165, 1.54) is 161 Å². The molecule has 1 amide bonds. The van der Waals surface area contributed by atoms with Gasteiger partial charge in [-0.25, -0.2) is 0 Å². The van der Waals surface area contributed by atoms with Gasteiger partial charge < -0.3 is 40.3 Å². The van der Waals surface area contributed by atoms with Gasteiger partial charge in [0, 0.05) is 6.42 Å². The molecule has 0 aromatic rings. The summed E-state index contributed by atoms with van der Waals surface area (Å²) in [5, 5.41) is 54.7. The molecular weight excluding hydrogens is 1030 g/mol. The van der Waals surface area contributed by atoms with Gasteiger partial charge in [0.1, 0.15) is 24.4 Å². The molecule has 1 heterocycles. The second-order valence-electron chi connectivity index (χ2n) is 23.2. The van der Waals surface area contributed by atoms with Crippen molar-refractivity contribution in [3.63, 3.8) is 0 Å². The molecule has 7 unspecified atom stereocenters. The van der Waals surface area contributed by atoms with E-state index < -0.39 is 49.5 Å². The van der Waals surface area contributed by atoms with Gasteiger partial charge in [0.2, 0.25) is 5.91 Å². The van der Waals surface area contributed by atoms with Gasteiger partial charge in [0.15, 0.2) is 6.29 Å². The molecule has 1 aliphatic heterocycles. The predicted octanol–water partition coefficient (Wildman–Crippen LogP) is 18.6. The highest BCUT2D eigenvalue weighted by Crippen LogP contribution is 2.23. The molecule has 7 atom stereocenters. The maximum Gasteiger partial charge on any atom is 0.220 e. The lowest BCUT2D eigenvalue weighted by Gasteiger charge is -2.40. The van der Waals surface area contributed by atoms with Crippen molar-refractivity contribution < 1.29 is 39.8 Å². The van der Waals surface area contributed by atoms with Crippen LogP contribution in [0.15, 0.2) is 122 Å². The minimum absolute atomic E-state index is 0.209. The minimum atomic E-state index is -1.58. The van der Waals surface area contributed by atoms with Crippen molar-refractivity contribution in [3.8, 4) is 0 Å². The number of unbranched alkanes of at least 4 members (excludes halogenated alkanes) is 30. The summed E-state index contributed by atoms with van der Waals surface area (Å²) < 4.78 is 11.3. The van der Waals surface area contributed by atoms with Gasteiger partial charge in [-0.3, -0.25) is 4.79 Å². The highest BCUT2D eigenvalue weighted by atomic mass is 16.7. The highest BCUT2D eigenvalue weighted by molar-refractivity contribution is 5.76. The van der Waals surface area contributed by atoms with Gasteiger partial charge in [-0.2, -0.15) is 0 Å². The summed E-state index contributed by atoms with van der Waals surface area (Å²) in [6.07, 6.45) is 85.8. The third-order valence-electron chi connectivity index (χ3n) is 15.5. The Hall–Kier alpha value is -3.41. The van der Waals surface area contributed by atoms with E-state index in [9.17, 15) is 30.3 Å². The Kier molecular flexibility index (Phi) is 57.7. The Balaban J connectivity index is 2.21. The number of amides is 1. The van der Waals surface area contributed by atoms with Crippen LogP contribution >= 0.6 is 0 Å². The maximum atomic E-state index is 13.1. The zero-order valence-electron chi connectivity index (χ0n) is 53.2. The quantitative estimate of drug-likeness (QED) is 0.0261. The van der Waals surface area contributed by atoms with E-state index in [0.717, 1.165) is 96.3 Å². The molecule has 1 rings (SSSR count). The third kappa shape index (κ3) is 50.5. The average Bonchev–Trinajstić information content (AvgIpc) is 3.61. The van der Waals surface area contributed by atoms with Crippen LogP contribution in [0.2, 0.25) is 0 Å². The topological polar surface area (TPSA) is 149 Å². The van der Waals surface area contributed by atoms with Gasteiger partial charge in [-0.15, -0.1) is 0 Å². The molecular formula is C74H127NO8. The first-order valence-corrected chi connectivity index (χ1v) is 34.3. The molecule has 0 bridgehead atoms. The molecule has 1 fully saturated rings. The first kappa shape index (κ1) is 77.6. The number of carbonyl (C=O) groups is 1. The second kappa shape index (κ2) is 61.7. The molecule has 0 aromatic heterocycles. The predicted molar refractivity (Wildman–Crippen MR) is 354 cm³/mol. The van der Waals surface area contributed by atoms with Crippen LogP contribution in [0.4, 0.5) is 0 Å². The van der Waals surface area contributed by atoms with Gasteiger partial charge >= 0.3 is 0 Å². The van der Waals surface area contributed by atoms with Gasteiger partial charge in [0.05, 0.1) is 25.4 Å². The number of ether oxygens (including phenoxy) is 2. The summed E-state index contributed by atoms with van der Waals surface area (Å²) in [6.45, 7) is 3.67. The Morgan fingerprint density at radius 1 is 0.422 bits per heavy atom. The number of aliphatic hydroxyl groups excluding tert-OH is 5. The molecule has 83 heavy (non-hydrogen) atoms. The van der Waals surface area contributed by atoms with E-state index in [0.29, 0.717) is 12.8 Å². The summed E-state index contributed by atoms with van der Waals surface area (Å²) in [7, 11) is 0. The van der Waals surface area contributed by atoms with Gasteiger partial charge in [-0.05, 0) is 89.9 Å². The second-order valence-corrected chi connectivity index (χ2v) is 23.2. The van der Waals surface area contributed by atoms with E-state index in [4.69, 9.17) is 9.47 Å². The monoisotopic (exact) mass is 1160 g/mol. The Labute approximate surface area is 509 Å². The van der Waals surface area contributed by atoms with Crippen molar-refractivity contribution in [2.24, 2.45) is 0 Å². The lowest BCUT2D eigenvalue weighted by atomic mass is 9.99. The SMILES string of the molecule is CC/C=C\C/C=C\C/C=C\C/C=C\C/C=C\C/C=C\C/C=C\C/C=C\C/C=C\CCCCCC(=O)NC(COC1OC(CO)C(O)C(O)C1O)C(O)/C=C/CCCCCCCCCCCCCCCCCCCCCCCCCCCCC. The van der Waals surface area contributed by atoms with Crippen LogP contribution in [0.1, 0.15) is 284 Å². The molecule has 9 nitrogen and oxygen atoms in total. The summed E-state index contributed by atoms with van der Waals surface area (Å²) in [5.74, 6) is -0.211. The molecule has 0 aromatic carbocycles. The van der Waals surface area contributed by atoms with Crippen molar-refractivity contribution >= 4 is 5.91 Å². The van der Waals surface area contributed by atoms with Crippen molar-refractivity contribution in [3.05, 3.63) is 122 Å². The fourth-order valence-corrected chi connectivity index (χ4v) is 10.2. The lowest BCUT2D eigenvalue weighted by Crippen LogP contribution is -2.60. The molecule has 9 heteroatoms. The van der Waals surface area contributed by atoms with E-state index >= 15 is 0 Å². The van der Waals surface area contributed by atoms with Crippen LogP contribution in [0, 0.1) is 0 Å². The minimum Gasteiger partial charge on any atom is -0.394 e. The van der Waals surface area contributed by atoms with Crippen LogP contribution in [-0.2, 0) is 14.3 Å². The smallest absolute Gasteiger partial charge is 0.220 e. The van der Waals surface area contributed by atoms with Crippen molar-refractivity contribution in [1.82, 2.24) is 5.32 Å². The molecule has 6 N–H and O–H groups in total. The summed E-state index contributed by atoms with van der Waals surface area (Å²) in [6, 6.07) is -0.834. The number of hydrogen-bond acceptors (Lipinski definition) is 8. The lowest BCUT2D eigenvalue weighted by molar-refractivity contribution is -0.302. The van der Waals surface area contributed by atoms with E-state index in [-0.39, 0.29) is 12.5 Å². The summed E-state index contributed by atoms with van der Waals surface area (Å²) >= 11 is 0. The van der Waals surface area contributed by atoms with Crippen LogP contribution in [0.5, 0.6) is 0 Å². The Bertz CT molecular complexity index is 1720. The number of hydrogen-bond donors (Lipinski definition) is 6. The molecule has 0 saturated carbocycles. The number of nitrogens with one attached hydrogen (secondary N) is 1. The summed E-state index contributed by atoms with van der Waals surface area (Å²) in [4.78, 5) is 13.1. The molecule has 0 aliphatic carbocycles. The zero-order chi connectivity index (χ0) is 60.0. The highest BCUT2D eigenvalue weighted by Gasteiger charge is 2.44. The molecule has 1 aliphatic rings. The summed E-state index contributed by atoms with van der Waals surface area (Å²) in [5.41, 5.74) is 0. The Morgan fingerprint density at radius 2 is 0.747 bits per heavy atom. The third-order valence-corrected chi connectivity index (χ3v) is 15.5. The first-order chi connectivity index (χ1) is 40.8. The molecule has 476 valence electrons. The zero-order valence-corrected chi connectivity index (χ0v) is 53.2. The largest absolute Gasteiger partial charge is 0.394 e. The van der Waals surface area contributed by atoms with E-state index in [2.05, 4.69) is 129 Å². The number of carbonyl (C=O) groups excluding carboxylic acids is 1. The average molecular weight is 1160 g/mol. The maximum absolute atomic E-state index is 13.1. The first-order valence-electron chi connectivity index (χ1n) is 34.3. The molecule has 0 spiro atoms. The van der Waals surface area contributed by atoms with Crippen molar-refractivity contribution in [2.45, 2.75) is 326 Å². The van der Waals surface area contributed by atoms with E-state index in [1.807, 2.05) is 6.08 Å².